The fourth-order valence-corrected chi connectivity index (χ4v) is 3.54. The van der Waals surface area contributed by atoms with Crippen LogP contribution < -0.4 is 21.7 Å². The van der Waals surface area contributed by atoms with E-state index in [0.29, 0.717) is 12.8 Å². The molecule has 0 radical (unpaired) electrons. The molecule has 10 heteroatoms. The Labute approximate surface area is 207 Å². The molecule has 0 aliphatic heterocycles. The summed E-state index contributed by atoms with van der Waals surface area (Å²) in [5, 5.41) is 26.8. The lowest BCUT2D eigenvalue weighted by Gasteiger charge is -2.28. The number of carbonyl (C=O) groups is 4. The molecule has 0 fully saturated rings. The van der Waals surface area contributed by atoms with Gasteiger partial charge in [-0.2, -0.15) is 0 Å². The number of aliphatic hydroxyl groups is 1. The Bertz CT molecular complexity index is 846. The Balaban J connectivity index is 3.14. The molecule has 6 atom stereocenters. The number of aliphatic hydroxyl groups excluding tert-OH is 1. The van der Waals surface area contributed by atoms with Gasteiger partial charge in [0.05, 0.1) is 12.1 Å². The van der Waals surface area contributed by atoms with Crippen LogP contribution in [0, 0.1) is 11.8 Å². The van der Waals surface area contributed by atoms with Crippen LogP contribution in [0.3, 0.4) is 0 Å². The minimum Gasteiger partial charge on any atom is -0.480 e. The van der Waals surface area contributed by atoms with Crippen LogP contribution in [0.15, 0.2) is 30.3 Å². The molecule has 1 aromatic carbocycles. The standard InChI is InChI=1S/C25H40N4O6/c1-6-15(4)20(28-22(31)18(26)12-14(2)3)24(33)27-19(13-17-10-8-7-9-11-17)23(32)29-21(16(5)30)25(34)35/h7-11,14-16,18-21,30H,6,12-13,26H2,1-5H3,(H,27,33)(H,28,31)(H,29,32)(H,34,35). The van der Waals surface area contributed by atoms with E-state index < -0.39 is 54.0 Å². The van der Waals surface area contributed by atoms with Crippen LogP contribution in [0.25, 0.3) is 0 Å². The summed E-state index contributed by atoms with van der Waals surface area (Å²) in [5.74, 6) is -3.26. The fourth-order valence-electron chi connectivity index (χ4n) is 3.54. The first kappa shape index (κ1) is 30.1. The van der Waals surface area contributed by atoms with Crippen molar-refractivity contribution in [2.45, 2.75) is 84.2 Å². The molecule has 0 heterocycles. The van der Waals surface area contributed by atoms with E-state index in [1.54, 1.807) is 37.3 Å². The van der Waals surface area contributed by atoms with E-state index in [4.69, 9.17) is 5.73 Å². The Kier molecular flexibility index (Phi) is 12.4. The minimum atomic E-state index is -1.54. The number of amides is 3. The van der Waals surface area contributed by atoms with Crippen molar-refractivity contribution in [2.75, 3.05) is 0 Å². The highest BCUT2D eigenvalue weighted by atomic mass is 16.4. The SMILES string of the molecule is CCC(C)C(NC(=O)C(N)CC(C)C)C(=O)NC(Cc1ccccc1)C(=O)NC(C(=O)O)C(C)O. The number of rotatable bonds is 14. The summed E-state index contributed by atoms with van der Waals surface area (Å²) in [6.45, 7) is 8.81. The maximum atomic E-state index is 13.3. The number of carboxylic acid groups (broad SMARTS) is 1. The highest BCUT2D eigenvalue weighted by Crippen LogP contribution is 2.12. The van der Waals surface area contributed by atoms with Gasteiger partial charge in [0.1, 0.15) is 12.1 Å². The average Bonchev–Trinajstić information content (AvgIpc) is 2.79. The smallest absolute Gasteiger partial charge is 0.328 e. The normalized spacial score (nSPS) is 16.3. The third kappa shape index (κ3) is 10.0. The van der Waals surface area contributed by atoms with E-state index in [1.807, 2.05) is 20.8 Å². The zero-order chi connectivity index (χ0) is 26.7. The van der Waals surface area contributed by atoms with Gasteiger partial charge in [0.15, 0.2) is 6.04 Å². The molecule has 1 aromatic rings. The summed E-state index contributed by atoms with van der Waals surface area (Å²) in [6, 6.07) is 4.50. The molecule has 0 aromatic heterocycles. The highest BCUT2D eigenvalue weighted by molar-refractivity contribution is 5.94. The number of aliphatic carboxylic acids is 1. The van der Waals surface area contributed by atoms with Gasteiger partial charge in [0.2, 0.25) is 17.7 Å². The first-order valence-electron chi connectivity index (χ1n) is 12.0. The number of carboxylic acids is 1. The summed E-state index contributed by atoms with van der Waals surface area (Å²) >= 11 is 0. The summed E-state index contributed by atoms with van der Waals surface area (Å²) in [4.78, 5) is 50.4. The van der Waals surface area contributed by atoms with Crippen molar-refractivity contribution >= 4 is 23.7 Å². The third-order valence-corrected chi connectivity index (χ3v) is 5.82. The van der Waals surface area contributed by atoms with Crippen LogP contribution in [0.5, 0.6) is 0 Å². The first-order valence-corrected chi connectivity index (χ1v) is 12.0. The van der Waals surface area contributed by atoms with Crippen molar-refractivity contribution < 1.29 is 29.4 Å². The second-order valence-electron chi connectivity index (χ2n) is 9.42. The summed E-state index contributed by atoms with van der Waals surface area (Å²) in [7, 11) is 0. The monoisotopic (exact) mass is 492 g/mol. The van der Waals surface area contributed by atoms with Crippen LogP contribution in [0.2, 0.25) is 0 Å². The van der Waals surface area contributed by atoms with Gasteiger partial charge in [0.25, 0.3) is 0 Å². The fraction of sp³-hybridized carbons (Fsp3) is 0.600. The van der Waals surface area contributed by atoms with Crippen molar-refractivity contribution in [3.8, 4) is 0 Å². The Morgan fingerprint density at radius 2 is 1.46 bits per heavy atom. The minimum absolute atomic E-state index is 0.0819. The quantitative estimate of drug-likeness (QED) is 0.220. The molecule has 1 rings (SSSR count). The highest BCUT2D eigenvalue weighted by Gasteiger charge is 2.33. The summed E-state index contributed by atoms with van der Waals surface area (Å²) < 4.78 is 0. The van der Waals surface area contributed by atoms with Crippen molar-refractivity contribution in [1.29, 1.82) is 0 Å². The average molecular weight is 493 g/mol. The molecule has 3 amide bonds. The van der Waals surface area contributed by atoms with E-state index in [0.717, 1.165) is 5.56 Å². The number of benzene rings is 1. The molecule has 6 unspecified atom stereocenters. The third-order valence-electron chi connectivity index (χ3n) is 5.82. The van der Waals surface area contributed by atoms with Gasteiger partial charge in [-0.05, 0) is 30.7 Å². The van der Waals surface area contributed by atoms with Crippen molar-refractivity contribution in [1.82, 2.24) is 16.0 Å². The number of hydrogen-bond acceptors (Lipinski definition) is 6. The van der Waals surface area contributed by atoms with E-state index in [1.165, 1.54) is 6.92 Å². The summed E-state index contributed by atoms with van der Waals surface area (Å²) in [6.07, 6.45) is -0.232. The largest absolute Gasteiger partial charge is 0.480 e. The Morgan fingerprint density at radius 3 is 1.94 bits per heavy atom. The van der Waals surface area contributed by atoms with Gasteiger partial charge < -0.3 is 31.9 Å². The lowest BCUT2D eigenvalue weighted by atomic mass is 9.96. The molecule has 0 saturated heterocycles. The molecular formula is C25H40N4O6. The molecule has 0 aliphatic carbocycles. The number of hydrogen-bond donors (Lipinski definition) is 6. The topological polar surface area (TPSA) is 171 Å². The van der Waals surface area contributed by atoms with Crippen molar-refractivity contribution in [2.24, 2.45) is 17.6 Å². The molecule has 196 valence electrons. The van der Waals surface area contributed by atoms with Gasteiger partial charge in [-0.3, -0.25) is 14.4 Å². The van der Waals surface area contributed by atoms with E-state index >= 15 is 0 Å². The molecular weight excluding hydrogens is 452 g/mol. The Hall–Kier alpha value is -2.98. The second-order valence-corrected chi connectivity index (χ2v) is 9.42. The number of carbonyl (C=O) groups excluding carboxylic acids is 3. The number of nitrogens with two attached hydrogens (primary N) is 1. The van der Waals surface area contributed by atoms with E-state index in [9.17, 15) is 29.4 Å². The van der Waals surface area contributed by atoms with Crippen LogP contribution in [0.4, 0.5) is 0 Å². The van der Waals surface area contributed by atoms with Crippen LogP contribution in [0.1, 0.15) is 53.0 Å². The zero-order valence-electron chi connectivity index (χ0n) is 21.2. The predicted molar refractivity (Wildman–Crippen MR) is 132 cm³/mol. The van der Waals surface area contributed by atoms with E-state index in [2.05, 4.69) is 16.0 Å². The maximum absolute atomic E-state index is 13.3. The van der Waals surface area contributed by atoms with Crippen LogP contribution in [-0.2, 0) is 25.6 Å². The zero-order valence-corrected chi connectivity index (χ0v) is 21.2. The van der Waals surface area contributed by atoms with Crippen molar-refractivity contribution in [3.63, 3.8) is 0 Å². The molecule has 0 saturated carbocycles. The first-order chi connectivity index (χ1) is 16.4. The van der Waals surface area contributed by atoms with Crippen LogP contribution >= 0.6 is 0 Å². The maximum Gasteiger partial charge on any atom is 0.328 e. The lowest BCUT2D eigenvalue weighted by molar-refractivity contribution is -0.145. The molecule has 10 nitrogen and oxygen atoms in total. The molecule has 0 bridgehead atoms. The van der Waals surface area contributed by atoms with E-state index in [-0.39, 0.29) is 18.3 Å². The molecule has 7 N–H and O–H groups in total. The summed E-state index contributed by atoms with van der Waals surface area (Å²) in [5.41, 5.74) is 6.72. The molecule has 35 heavy (non-hydrogen) atoms. The van der Waals surface area contributed by atoms with Crippen molar-refractivity contribution in [3.05, 3.63) is 35.9 Å². The molecule has 0 aliphatic rings. The van der Waals surface area contributed by atoms with Gasteiger partial charge in [-0.15, -0.1) is 0 Å². The van der Waals surface area contributed by atoms with Gasteiger partial charge in [0, 0.05) is 6.42 Å². The van der Waals surface area contributed by atoms with Gasteiger partial charge in [-0.25, -0.2) is 4.79 Å². The van der Waals surface area contributed by atoms with Gasteiger partial charge in [-0.1, -0.05) is 64.4 Å². The Morgan fingerprint density at radius 1 is 0.886 bits per heavy atom. The van der Waals surface area contributed by atoms with Crippen LogP contribution in [-0.4, -0.2) is 64.2 Å². The van der Waals surface area contributed by atoms with Gasteiger partial charge >= 0.3 is 5.97 Å². The second kappa shape index (κ2) is 14.4. The lowest BCUT2D eigenvalue weighted by Crippen LogP contribution is -2.60. The molecule has 0 spiro atoms. The number of nitrogens with one attached hydrogen (secondary N) is 3. The predicted octanol–water partition coefficient (Wildman–Crippen LogP) is 0.568.